The first kappa shape index (κ1) is 28.0. The number of ether oxygens (including phenoxy) is 5. The minimum Gasteiger partial charge on any atom is -0.486 e. The fourth-order valence-corrected chi connectivity index (χ4v) is 10.3. The van der Waals surface area contributed by atoms with E-state index in [-0.39, 0.29) is 30.5 Å². The Morgan fingerprint density at radius 1 is 0.905 bits per heavy atom. The summed E-state index contributed by atoms with van der Waals surface area (Å²) in [5.74, 6) is 4.47. The molecule has 0 N–H and O–H groups in total. The molecule has 2 aromatic carbocycles. The summed E-state index contributed by atoms with van der Waals surface area (Å²) in [5.41, 5.74) is 3.51. The molecule has 5 aliphatic rings. The molecule has 6 atom stereocenters. The quantitative estimate of drug-likeness (QED) is 0.286. The van der Waals surface area contributed by atoms with E-state index in [4.69, 9.17) is 23.7 Å². The maximum atomic E-state index is 13.7. The van der Waals surface area contributed by atoms with E-state index in [0.29, 0.717) is 41.2 Å². The normalized spacial score (nSPS) is 34.8. The second-order valence-electron chi connectivity index (χ2n) is 14.3. The summed E-state index contributed by atoms with van der Waals surface area (Å²) in [4.78, 5) is 15.7. The number of hydrogen-bond acceptors (Lipinski definition) is 6. The van der Waals surface area contributed by atoms with Crippen molar-refractivity contribution in [3.63, 3.8) is 0 Å². The van der Waals surface area contributed by atoms with Gasteiger partial charge in [-0.3, -0.25) is 4.79 Å². The van der Waals surface area contributed by atoms with Crippen molar-refractivity contribution >= 4 is 5.91 Å². The van der Waals surface area contributed by atoms with Crippen LogP contribution in [0.25, 0.3) is 0 Å². The first-order chi connectivity index (χ1) is 20.1. The number of methoxy groups -OCH3 is 2. The second kappa shape index (κ2) is 9.62. The summed E-state index contributed by atoms with van der Waals surface area (Å²) in [6.07, 6.45) is 5.71. The Balaban J connectivity index is 1.14. The summed E-state index contributed by atoms with van der Waals surface area (Å²) in [7, 11) is 3.21. The van der Waals surface area contributed by atoms with Crippen molar-refractivity contribution in [1.29, 1.82) is 0 Å². The molecular formula is C35H45NO6. The molecule has 0 saturated heterocycles. The van der Waals surface area contributed by atoms with Crippen LogP contribution in [0, 0.1) is 34.0 Å². The molecule has 1 amide bonds. The third kappa shape index (κ3) is 3.81. The predicted octanol–water partition coefficient (Wildman–Crippen LogP) is 6.47. The standard InChI is InChI=1S/C35H45NO6/c1-32(2)27-11-14-33(3)29-12-15-34(4,35(29,33)30(27)32)42-28-18-24(41-21-39-6)17-25-26(28)19-36(31(25)37)16-13-22-7-9-23(10-8-22)40-20-38-5/h7-10,17-18,27,29-30H,11-16,19-21H2,1-6H3. The van der Waals surface area contributed by atoms with Crippen LogP contribution in [0.4, 0.5) is 0 Å². The van der Waals surface area contributed by atoms with Crippen molar-refractivity contribution < 1.29 is 28.5 Å². The van der Waals surface area contributed by atoms with Gasteiger partial charge in [-0.2, -0.15) is 0 Å². The molecule has 7 rings (SSSR count). The van der Waals surface area contributed by atoms with Crippen molar-refractivity contribution in [1.82, 2.24) is 4.90 Å². The number of nitrogens with zero attached hydrogens (tertiary/aromatic N) is 1. The SMILES string of the molecule is COCOc1ccc(CCN2Cc3c(OC4(C)CCC5C6(C)CCC7C(C7(C)C)C546)cc(OCOC)cc3C2=O)cc1. The molecule has 226 valence electrons. The molecule has 2 aromatic rings. The average Bonchev–Trinajstić information content (AvgIpc) is 3.61. The van der Waals surface area contributed by atoms with Gasteiger partial charge in [0, 0.05) is 37.8 Å². The van der Waals surface area contributed by atoms with Crippen LogP contribution in [0.3, 0.4) is 0 Å². The van der Waals surface area contributed by atoms with Crippen molar-refractivity contribution in [2.45, 2.75) is 71.9 Å². The molecule has 7 heteroatoms. The van der Waals surface area contributed by atoms with Gasteiger partial charge < -0.3 is 28.6 Å². The fraction of sp³-hybridized carbons (Fsp3) is 0.629. The zero-order chi connectivity index (χ0) is 29.5. The molecule has 1 spiro atoms. The molecule has 6 unspecified atom stereocenters. The van der Waals surface area contributed by atoms with E-state index in [1.807, 2.05) is 41.3 Å². The summed E-state index contributed by atoms with van der Waals surface area (Å²) in [6.45, 7) is 11.4. The third-order valence-electron chi connectivity index (χ3n) is 12.1. The molecule has 1 aliphatic heterocycles. The van der Waals surface area contributed by atoms with Crippen LogP contribution in [-0.4, -0.2) is 50.8 Å². The van der Waals surface area contributed by atoms with E-state index in [9.17, 15) is 4.79 Å². The highest BCUT2D eigenvalue weighted by Crippen LogP contribution is 2.94. The number of carbonyl (C=O) groups is 1. The van der Waals surface area contributed by atoms with Crippen molar-refractivity contribution in [2.24, 2.45) is 34.0 Å². The van der Waals surface area contributed by atoms with Gasteiger partial charge in [-0.05, 0) is 91.4 Å². The van der Waals surface area contributed by atoms with Crippen LogP contribution in [-0.2, 0) is 22.4 Å². The maximum Gasteiger partial charge on any atom is 0.254 e. The Morgan fingerprint density at radius 2 is 1.62 bits per heavy atom. The van der Waals surface area contributed by atoms with Crippen LogP contribution in [0.1, 0.15) is 74.9 Å². The highest BCUT2D eigenvalue weighted by atomic mass is 16.7. The molecule has 4 fully saturated rings. The molecule has 0 radical (unpaired) electrons. The highest BCUT2D eigenvalue weighted by Gasteiger charge is 2.93. The fourth-order valence-electron chi connectivity index (χ4n) is 10.3. The lowest BCUT2D eigenvalue weighted by molar-refractivity contribution is -0.0330. The molecule has 0 aromatic heterocycles. The van der Waals surface area contributed by atoms with Gasteiger partial charge in [0.15, 0.2) is 13.6 Å². The summed E-state index contributed by atoms with van der Waals surface area (Å²) in [5, 5.41) is 0. The number of amides is 1. The number of carbonyl (C=O) groups excluding carboxylic acids is 1. The molecule has 4 saturated carbocycles. The molecule has 0 bridgehead atoms. The first-order valence-corrected chi connectivity index (χ1v) is 15.6. The van der Waals surface area contributed by atoms with Crippen molar-refractivity contribution in [2.75, 3.05) is 34.4 Å². The Bertz CT molecular complexity index is 1390. The van der Waals surface area contributed by atoms with Crippen molar-refractivity contribution in [3.8, 4) is 17.2 Å². The molecule has 7 nitrogen and oxygen atoms in total. The van der Waals surface area contributed by atoms with Gasteiger partial charge in [0.05, 0.1) is 12.1 Å². The van der Waals surface area contributed by atoms with Gasteiger partial charge in [-0.15, -0.1) is 0 Å². The minimum absolute atomic E-state index is 0.0303. The molecule has 4 aliphatic carbocycles. The van der Waals surface area contributed by atoms with Gasteiger partial charge in [-0.1, -0.05) is 32.9 Å². The lowest BCUT2D eigenvalue weighted by atomic mass is 9.69. The smallest absolute Gasteiger partial charge is 0.254 e. The zero-order valence-electron chi connectivity index (χ0n) is 26.0. The van der Waals surface area contributed by atoms with Crippen LogP contribution in [0.2, 0.25) is 0 Å². The Labute approximate surface area is 249 Å². The third-order valence-corrected chi connectivity index (χ3v) is 12.1. The predicted molar refractivity (Wildman–Crippen MR) is 159 cm³/mol. The lowest BCUT2D eigenvalue weighted by Gasteiger charge is -2.43. The van der Waals surface area contributed by atoms with E-state index >= 15 is 0 Å². The van der Waals surface area contributed by atoms with Gasteiger partial charge in [-0.25, -0.2) is 0 Å². The highest BCUT2D eigenvalue weighted by molar-refractivity contribution is 5.99. The van der Waals surface area contributed by atoms with Gasteiger partial charge in [0.2, 0.25) is 0 Å². The monoisotopic (exact) mass is 575 g/mol. The van der Waals surface area contributed by atoms with Gasteiger partial charge in [0.25, 0.3) is 5.91 Å². The van der Waals surface area contributed by atoms with Crippen LogP contribution < -0.4 is 14.2 Å². The van der Waals surface area contributed by atoms with Crippen molar-refractivity contribution in [3.05, 3.63) is 53.1 Å². The largest absolute Gasteiger partial charge is 0.486 e. The van der Waals surface area contributed by atoms with Crippen LogP contribution in [0.5, 0.6) is 17.2 Å². The zero-order valence-corrected chi connectivity index (χ0v) is 26.0. The summed E-state index contributed by atoms with van der Waals surface area (Å²) in [6, 6.07) is 11.8. The lowest BCUT2D eigenvalue weighted by Crippen LogP contribution is -2.47. The van der Waals surface area contributed by atoms with Gasteiger partial charge >= 0.3 is 0 Å². The molecule has 1 heterocycles. The minimum atomic E-state index is -0.264. The number of fused-ring (bicyclic) bond motifs is 3. The number of rotatable bonds is 11. The topological polar surface area (TPSA) is 66.5 Å². The Hall–Kier alpha value is -2.77. The molecular weight excluding hydrogens is 530 g/mol. The Kier molecular flexibility index (Phi) is 6.42. The van der Waals surface area contributed by atoms with E-state index in [0.717, 1.165) is 47.3 Å². The second-order valence-corrected chi connectivity index (χ2v) is 14.3. The van der Waals surface area contributed by atoms with Crippen LogP contribution >= 0.6 is 0 Å². The maximum absolute atomic E-state index is 13.7. The van der Waals surface area contributed by atoms with E-state index in [1.54, 1.807) is 14.2 Å². The molecule has 42 heavy (non-hydrogen) atoms. The first-order valence-electron chi connectivity index (χ1n) is 15.6. The van der Waals surface area contributed by atoms with E-state index in [1.165, 1.54) is 19.3 Å². The average molecular weight is 576 g/mol. The summed E-state index contributed by atoms with van der Waals surface area (Å²) >= 11 is 0. The van der Waals surface area contributed by atoms with E-state index < -0.39 is 0 Å². The Morgan fingerprint density at radius 3 is 2.33 bits per heavy atom. The number of hydrogen-bond donors (Lipinski definition) is 0. The number of benzene rings is 2. The van der Waals surface area contributed by atoms with Gasteiger partial charge in [0.1, 0.15) is 22.8 Å². The summed E-state index contributed by atoms with van der Waals surface area (Å²) < 4.78 is 28.9. The van der Waals surface area contributed by atoms with Crippen LogP contribution in [0.15, 0.2) is 36.4 Å². The van der Waals surface area contributed by atoms with E-state index in [2.05, 4.69) is 27.7 Å².